The molecule has 0 saturated carbocycles. The summed E-state index contributed by atoms with van der Waals surface area (Å²) < 4.78 is 0. The number of benzene rings is 1. The van der Waals surface area contributed by atoms with Crippen LogP contribution in [0.25, 0.3) is 10.9 Å². The van der Waals surface area contributed by atoms with E-state index in [4.69, 9.17) is 5.11 Å². The third kappa shape index (κ3) is 2.28. The van der Waals surface area contributed by atoms with Crippen molar-refractivity contribution in [1.29, 1.82) is 0 Å². The Morgan fingerprint density at radius 3 is 2.95 bits per heavy atom. The third-order valence-corrected chi connectivity index (χ3v) is 3.40. The van der Waals surface area contributed by atoms with Gasteiger partial charge in [-0.2, -0.15) is 0 Å². The number of carboxylic acids is 1. The van der Waals surface area contributed by atoms with E-state index in [1.807, 2.05) is 18.3 Å². The van der Waals surface area contributed by atoms with Gasteiger partial charge in [0.2, 0.25) is 0 Å². The lowest BCUT2D eigenvalue weighted by molar-refractivity contribution is 0.0696. The predicted octanol–water partition coefficient (Wildman–Crippen LogP) is 3.16. The molecule has 0 aliphatic heterocycles. The maximum Gasteiger partial charge on any atom is 0.335 e. The number of nitrogens with zero attached hydrogens (tertiary/aromatic N) is 1. The number of carbonyl (C=O) groups is 1. The molecule has 0 saturated heterocycles. The Labute approximate surface area is 116 Å². The molecule has 0 aliphatic carbocycles. The Morgan fingerprint density at radius 1 is 1.30 bits per heavy atom. The molecule has 1 aromatic carbocycles. The van der Waals surface area contributed by atoms with Crippen LogP contribution >= 0.6 is 0 Å². The van der Waals surface area contributed by atoms with E-state index >= 15 is 0 Å². The number of aromatic carboxylic acids is 1. The highest BCUT2D eigenvalue weighted by atomic mass is 16.4. The highest BCUT2D eigenvalue weighted by Gasteiger charge is 2.06. The second kappa shape index (κ2) is 4.81. The number of fused-ring (bicyclic) bond motifs is 1. The molecule has 20 heavy (non-hydrogen) atoms. The van der Waals surface area contributed by atoms with Crippen molar-refractivity contribution in [1.82, 2.24) is 9.97 Å². The number of pyridine rings is 1. The summed E-state index contributed by atoms with van der Waals surface area (Å²) in [6.45, 7) is 2.06. The standard InChI is InChI=1S/C16H14N2O2/c1-10-9-18-15-3-2-11(7-14(10)15)6-13-8-12(16(19)20)4-5-17-13/h2-5,7-9,18H,6H2,1H3,(H,19,20). The molecule has 100 valence electrons. The summed E-state index contributed by atoms with van der Waals surface area (Å²) in [6, 6.07) is 9.32. The van der Waals surface area contributed by atoms with Crippen molar-refractivity contribution >= 4 is 16.9 Å². The van der Waals surface area contributed by atoms with E-state index in [0.717, 1.165) is 16.8 Å². The zero-order valence-electron chi connectivity index (χ0n) is 11.1. The molecular weight excluding hydrogens is 252 g/mol. The van der Waals surface area contributed by atoms with Crippen LogP contribution < -0.4 is 0 Å². The van der Waals surface area contributed by atoms with E-state index in [-0.39, 0.29) is 5.56 Å². The lowest BCUT2D eigenvalue weighted by atomic mass is 10.0. The second-order valence-electron chi connectivity index (χ2n) is 4.87. The van der Waals surface area contributed by atoms with Crippen LogP contribution in [0, 0.1) is 6.92 Å². The zero-order valence-corrected chi connectivity index (χ0v) is 11.1. The Morgan fingerprint density at radius 2 is 2.15 bits per heavy atom. The van der Waals surface area contributed by atoms with Gasteiger partial charge < -0.3 is 10.1 Å². The van der Waals surface area contributed by atoms with Crippen molar-refractivity contribution in [3.8, 4) is 0 Å². The molecule has 0 aliphatic rings. The molecule has 0 amide bonds. The van der Waals surface area contributed by atoms with Gasteiger partial charge in [-0.15, -0.1) is 0 Å². The number of aromatic amines is 1. The number of carboxylic acid groups (broad SMARTS) is 1. The van der Waals surface area contributed by atoms with Crippen molar-refractivity contribution in [2.24, 2.45) is 0 Å². The Kier molecular flexibility index (Phi) is 2.99. The van der Waals surface area contributed by atoms with Crippen LogP contribution in [0.1, 0.15) is 27.2 Å². The van der Waals surface area contributed by atoms with Crippen LogP contribution in [0.15, 0.2) is 42.7 Å². The summed E-state index contributed by atoms with van der Waals surface area (Å²) in [7, 11) is 0. The van der Waals surface area contributed by atoms with Crippen molar-refractivity contribution in [3.63, 3.8) is 0 Å². The summed E-state index contributed by atoms with van der Waals surface area (Å²) in [5, 5.41) is 10.2. The van der Waals surface area contributed by atoms with E-state index in [1.54, 1.807) is 12.3 Å². The first kappa shape index (κ1) is 12.4. The maximum absolute atomic E-state index is 11.0. The van der Waals surface area contributed by atoms with Gasteiger partial charge in [0.1, 0.15) is 0 Å². The lowest BCUT2D eigenvalue weighted by Crippen LogP contribution is -2.00. The minimum absolute atomic E-state index is 0.272. The predicted molar refractivity (Wildman–Crippen MR) is 77.0 cm³/mol. The van der Waals surface area contributed by atoms with E-state index in [0.29, 0.717) is 6.42 Å². The van der Waals surface area contributed by atoms with E-state index in [2.05, 4.69) is 23.0 Å². The molecule has 0 bridgehead atoms. The van der Waals surface area contributed by atoms with Gasteiger partial charge in [-0.1, -0.05) is 6.07 Å². The average molecular weight is 266 g/mol. The number of aromatic nitrogens is 2. The first-order valence-corrected chi connectivity index (χ1v) is 6.38. The van der Waals surface area contributed by atoms with Crippen LogP contribution in [0.4, 0.5) is 0 Å². The summed E-state index contributed by atoms with van der Waals surface area (Å²) in [6.07, 6.45) is 4.15. The fourth-order valence-electron chi connectivity index (χ4n) is 2.33. The second-order valence-corrected chi connectivity index (χ2v) is 4.87. The van der Waals surface area contributed by atoms with Crippen LogP contribution in [-0.4, -0.2) is 21.0 Å². The normalized spacial score (nSPS) is 10.8. The summed E-state index contributed by atoms with van der Waals surface area (Å²) in [4.78, 5) is 18.4. The first-order chi connectivity index (χ1) is 9.63. The molecule has 0 radical (unpaired) electrons. The van der Waals surface area contributed by atoms with E-state index in [1.165, 1.54) is 17.0 Å². The Bertz CT molecular complexity index is 790. The van der Waals surface area contributed by atoms with Gasteiger partial charge >= 0.3 is 5.97 Å². The van der Waals surface area contributed by atoms with Gasteiger partial charge in [0.25, 0.3) is 0 Å². The van der Waals surface area contributed by atoms with Gasteiger partial charge in [0, 0.05) is 35.4 Å². The van der Waals surface area contributed by atoms with Gasteiger partial charge in [0.15, 0.2) is 0 Å². The van der Waals surface area contributed by atoms with Gasteiger partial charge in [0.05, 0.1) is 5.56 Å². The molecule has 0 fully saturated rings. The smallest absolute Gasteiger partial charge is 0.335 e. The topological polar surface area (TPSA) is 66.0 Å². The van der Waals surface area contributed by atoms with Crippen LogP contribution in [-0.2, 0) is 6.42 Å². The maximum atomic E-state index is 11.0. The number of hydrogen-bond acceptors (Lipinski definition) is 2. The van der Waals surface area contributed by atoms with Crippen molar-refractivity contribution in [2.75, 3.05) is 0 Å². The third-order valence-electron chi connectivity index (χ3n) is 3.40. The van der Waals surface area contributed by atoms with Gasteiger partial charge in [-0.05, 0) is 42.3 Å². The quantitative estimate of drug-likeness (QED) is 0.765. The molecule has 4 heteroatoms. The molecule has 2 N–H and O–H groups in total. The molecule has 3 aromatic rings. The minimum Gasteiger partial charge on any atom is -0.478 e. The molecule has 0 unspecified atom stereocenters. The number of aryl methyl sites for hydroxylation is 1. The van der Waals surface area contributed by atoms with Gasteiger partial charge in [-0.25, -0.2) is 4.79 Å². The molecule has 4 nitrogen and oxygen atoms in total. The van der Waals surface area contributed by atoms with Gasteiger partial charge in [-0.3, -0.25) is 4.98 Å². The minimum atomic E-state index is -0.925. The van der Waals surface area contributed by atoms with E-state index < -0.39 is 5.97 Å². The number of H-pyrrole nitrogens is 1. The monoisotopic (exact) mass is 266 g/mol. The van der Waals surface area contributed by atoms with Crippen molar-refractivity contribution in [3.05, 3.63) is 65.1 Å². The Hall–Kier alpha value is -2.62. The zero-order chi connectivity index (χ0) is 14.1. The summed E-state index contributed by atoms with van der Waals surface area (Å²) in [5.74, 6) is -0.925. The molecule has 0 spiro atoms. The summed E-state index contributed by atoms with van der Waals surface area (Å²) in [5.41, 5.74) is 4.47. The Balaban J connectivity index is 1.94. The van der Waals surface area contributed by atoms with Crippen molar-refractivity contribution < 1.29 is 9.90 Å². The largest absolute Gasteiger partial charge is 0.478 e. The molecule has 2 heterocycles. The molecule has 3 rings (SSSR count). The lowest BCUT2D eigenvalue weighted by Gasteiger charge is -2.03. The fraction of sp³-hybridized carbons (Fsp3) is 0.125. The number of rotatable bonds is 3. The van der Waals surface area contributed by atoms with Crippen LogP contribution in [0.3, 0.4) is 0 Å². The number of hydrogen-bond donors (Lipinski definition) is 2. The average Bonchev–Trinajstić information content (AvgIpc) is 2.81. The van der Waals surface area contributed by atoms with Crippen LogP contribution in [0.5, 0.6) is 0 Å². The van der Waals surface area contributed by atoms with Crippen LogP contribution in [0.2, 0.25) is 0 Å². The highest BCUT2D eigenvalue weighted by molar-refractivity contribution is 5.87. The SMILES string of the molecule is Cc1c[nH]c2ccc(Cc3cc(C(=O)O)ccn3)cc12. The summed E-state index contributed by atoms with van der Waals surface area (Å²) >= 11 is 0. The van der Waals surface area contributed by atoms with E-state index in [9.17, 15) is 4.79 Å². The fourth-order valence-corrected chi connectivity index (χ4v) is 2.33. The van der Waals surface area contributed by atoms with Crippen molar-refractivity contribution in [2.45, 2.75) is 13.3 Å². The molecule has 0 atom stereocenters. The number of nitrogens with one attached hydrogen (secondary N) is 1. The molecular formula is C16H14N2O2. The first-order valence-electron chi connectivity index (χ1n) is 6.38. The molecule has 2 aromatic heterocycles. The highest BCUT2D eigenvalue weighted by Crippen LogP contribution is 2.20.